The van der Waals surface area contributed by atoms with Crippen LogP contribution in [0.2, 0.25) is 0 Å². The Kier molecular flexibility index (Phi) is 77.9. The fraction of sp³-hybridized carbons (Fsp3) is 0.955. The molecule has 0 radical (unpaired) electrons. The number of aliphatic hydroxyl groups is 1. The summed E-state index contributed by atoms with van der Waals surface area (Å²) in [4.78, 5) is 73.3. The lowest BCUT2D eigenvalue weighted by Crippen LogP contribution is -2.30. The molecule has 0 aliphatic rings. The number of esters is 4. The highest BCUT2D eigenvalue weighted by molar-refractivity contribution is 7.47. The van der Waals surface area contributed by atoms with E-state index in [1.54, 1.807) is 0 Å². The molecule has 17 nitrogen and oxygen atoms in total. The SMILES string of the molecule is CCCCCCCCCCCCCCCCCCCCCCCCC(=O)O[C@H](COC(=O)CCCCCCCCCCCCCCCCCCCCC)COP(=O)(O)OC[C@@H](O)COP(=O)(O)OC[C@@H](COC(=O)CCCCCCCCCCCCC(C)C)OC(=O)CCCCCCCCCCCCC(C)C. The molecule has 0 aliphatic heterocycles. The largest absolute Gasteiger partial charge is 0.472 e. The lowest BCUT2D eigenvalue weighted by molar-refractivity contribution is -0.161. The van der Waals surface area contributed by atoms with Gasteiger partial charge in [-0.25, -0.2) is 9.13 Å². The molecule has 0 aromatic rings. The van der Waals surface area contributed by atoms with Crippen LogP contribution >= 0.6 is 15.6 Å². The fourth-order valence-corrected chi connectivity index (χ4v) is 15.4. The number of carbonyl (C=O) groups is 4. The Morgan fingerprint density at radius 3 is 0.636 bits per heavy atom. The van der Waals surface area contributed by atoms with Crippen molar-refractivity contribution < 1.29 is 80.2 Å². The Labute approximate surface area is 658 Å². The summed E-state index contributed by atoms with van der Waals surface area (Å²) in [5.41, 5.74) is 0. The van der Waals surface area contributed by atoms with E-state index in [2.05, 4.69) is 41.5 Å². The predicted octanol–water partition coefficient (Wildman–Crippen LogP) is 27.0. The minimum atomic E-state index is -4.97. The van der Waals surface area contributed by atoms with Crippen LogP contribution in [0.25, 0.3) is 0 Å². The molecule has 3 N–H and O–H groups in total. The van der Waals surface area contributed by atoms with Gasteiger partial charge in [0.15, 0.2) is 12.2 Å². The molecule has 5 atom stereocenters. The Bertz CT molecular complexity index is 2050. The number of phosphoric acid groups is 2. The molecule has 19 heteroatoms. The van der Waals surface area contributed by atoms with Crippen LogP contribution in [0.3, 0.4) is 0 Å². The third-order valence-electron chi connectivity index (χ3n) is 20.7. The van der Waals surface area contributed by atoms with Crippen molar-refractivity contribution in [1.29, 1.82) is 0 Å². The maximum absolute atomic E-state index is 13.2. The molecule has 0 saturated heterocycles. The van der Waals surface area contributed by atoms with Gasteiger partial charge in [-0.2, -0.15) is 0 Å². The predicted molar refractivity (Wildman–Crippen MR) is 442 cm³/mol. The smallest absolute Gasteiger partial charge is 0.462 e. The minimum absolute atomic E-state index is 0.106. The van der Waals surface area contributed by atoms with Gasteiger partial charge in [0, 0.05) is 25.7 Å². The molecule has 107 heavy (non-hydrogen) atoms. The topological polar surface area (TPSA) is 237 Å². The van der Waals surface area contributed by atoms with Crippen LogP contribution in [-0.4, -0.2) is 96.7 Å². The van der Waals surface area contributed by atoms with E-state index in [0.717, 1.165) is 102 Å². The number of unbranched alkanes of at least 4 members (excludes halogenated alkanes) is 57. The lowest BCUT2D eigenvalue weighted by Gasteiger charge is -2.21. The summed E-state index contributed by atoms with van der Waals surface area (Å²) in [5.74, 6) is -0.591. The molecular weight excluding hydrogens is 1390 g/mol. The van der Waals surface area contributed by atoms with E-state index < -0.39 is 97.5 Å². The Morgan fingerprint density at radius 2 is 0.430 bits per heavy atom. The zero-order valence-corrected chi connectivity index (χ0v) is 72.2. The number of rotatable bonds is 87. The summed E-state index contributed by atoms with van der Waals surface area (Å²) >= 11 is 0. The average molecular weight is 1560 g/mol. The second-order valence-corrected chi connectivity index (χ2v) is 35.5. The van der Waals surface area contributed by atoms with Gasteiger partial charge in [-0.3, -0.25) is 37.3 Å². The summed E-state index contributed by atoms with van der Waals surface area (Å²) in [6, 6.07) is 0. The maximum Gasteiger partial charge on any atom is 0.472 e. The van der Waals surface area contributed by atoms with Crippen molar-refractivity contribution >= 4 is 39.5 Å². The second kappa shape index (κ2) is 79.3. The quantitative estimate of drug-likeness (QED) is 0.0222. The first-order chi connectivity index (χ1) is 51.9. The van der Waals surface area contributed by atoms with E-state index in [4.69, 9.17) is 37.0 Å². The third-order valence-corrected chi connectivity index (χ3v) is 22.6. The summed E-state index contributed by atoms with van der Waals surface area (Å²) in [6.45, 7) is 9.66. The molecular formula is C88H172O17P2. The van der Waals surface area contributed by atoms with Gasteiger partial charge in [-0.1, -0.05) is 420 Å². The summed E-state index contributed by atoms with van der Waals surface area (Å²) in [7, 11) is -9.93. The van der Waals surface area contributed by atoms with E-state index in [-0.39, 0.29) is 25.7 Å². The summed E-state index contributed by atoms with van der Waals surface area (Å²) in [5, 5.41) is 10.7. The number of carbonyl (C=O) groups excluding carboxylic acids is 4. The van der Waals surface area contributed by atoms with E-state index in [9.17, 15) is 43.2 Å². The van der Waals surface area contributed by atoms with E-state index in [1.807, 2.05) is 0 Å². The van der Waals surface area contributed by atoms with Crippen molar-refractivity contribution in [3.63, 3.8) is 0 Å². The van der Waals surface area contributed by atoms with E-state index >= 15 is 0 Å². The number of hydrogen-bond donors (Lipinski definition) is 3. The highest BCUT2D eigenvalue weighted by atomic mass is 31.2. The molecule has 0 aromatic heterocycles. The number of hydrogen-bond acceptors (Lipinski definition) is 15. The van der Waals surface area contributed by atoms with Crippen LogP contribution in [0.5, 0.6) is 0 Å². The van der Waals surface area contributed by atoms with Gasteiger partial charge in [0.2, 0.25) is 0 Å². The van der Waals surface area contributed by atoms with Crippen LogP contribution in [0.1, 0.15) is 472 Å². The highest BCUT2D eigenvalue weighted by Gasteiger charge is 2.30. The molecule has 0 amide bonds. The van der Waals surface area contributed by atoms with Crippen molar-refractivity contribution in [3.05, 3.63) is 0 Å². The number of aliphatic hydroxyl groups excluding tert-OH is 1. The second-order valence-electron chi connectivity index (χ2n) is 32.6. The van der Waals surface area contributed by atoms with Crippen molar-refractivity contribution in [2.24, 2.45) is 11.8 Å². The van der Waals surface area contributed by atoms with Crippen LogP contribution < -0.4 is 0 Å². The zero-order valence-electron chi connectivity index (χ0n) is 70.5. The Hall–Kier alpha value is -1.94. The zero-order chi connectivity index (χ0) is 78.5. The first-order valence-corrected chi connectivity index (χ1v) is 48.5. The van der Waals surface area contributed by atoms with Crippen molar-refractivity contribution in [2.45, 2.75) is 490 Å². The molecule has 0 bridgehead atoms. The van der Waals surface area contributed by atoms with Gasteiger partial charge in [-0.05, 0) is 37.5 Å². The monoisotopic (exact) mass is 1560 g/mol. The van der Waals surface area contributed by atoms with Crippen LogP contribution in [0, 0.1) is 11.8 Å². The van der Waals surface area contributed by atoms with Gasteiger partial charge >= 0.3 is 39.5 Å². The van der Waals surface area contributed by atoms with Crippen LogP contribution in [0.15, 0.2) is 0 Å². The Balaban J connectivity index is 5.23. The Morgan fingerprint density at radius 1 is 0.252 bits per heavy atom. The van der Waals surface area contributed by atoms with E-state index in [1.165, 1.54) is 289 Å². The van der Waals surface area contributed by atoms with Crippen molar-refractivity contribution in [1.82, 2.24) is 0 Å². The van der Waals surface area contributed by atoms with Crippen molar-refractivity contribution in [3.8, 4) is 0 Å². The van der Waals surface area contributed by atoms with Gasteiger partial charge in [0.05, 0.1) is 26.4 Å². The number of phosphoric ester groups is 2. The number of ether oxygens (including phenoxy) is 4. The first-order valence-electron chi connectivity index (χ1n) is 45.5. The summed E-state index contributed by atoms with van der Waals surface area (Å²) < 4.78 is 69.0. The molecule has 0 aromatic carbocycles. The van der Waals surface area contributed by atoms with Gasteiger partial charge in [0.1, 0.15) is 19.3 Å². The molecule has 636 valence electrons. The fourth-order valence-electron chi connectivity index (χ4n) is 13.8. The third kappa shape index (κ3) is 81.9. The van der Waals surface area contributed by atoms with Gasteiger partial charge in [-0.15, -0.1) is 0 Å². The molecule has 0 fully saturated rings. The minimum Gasteiger partial charge on any atom is -0.462 e. The maximum atomic E-state index is 13.2. The van der Waals surface area contributed by atoms with Gasteiger partial charge < -0.3 is 33.8 Å². The first kappa shape index (κ1) is 105. The van der Waals surface area contributed by atoms with E-state index in [0.29, 0.717) is 25.7 Å². The molecule has 0 saturated carbocycles. The molecule has 0 heterocycles. The molecule has 2 unspecified atom stereocenters. The average Bonchev–Trinajstić information content (AvgIpc) is 0.902. The van der Waals surface area contributed by atoms with Crippen molar-refractivity contribution in [2.75, 3.05) is 39.6 Å². The highest BCUT2D eigenvalue weighted by Crippen LogP contribution is 2.45. The van der Waals surface area contributed by atoms with Gasteiger partial charge in [0.25, 0.3) is 0 Å². The summed E-state index contributed by atoms with van der Waals surface area (Å²) in [6.07, 6.45) is 72.4. The molecule has 0 aliphatic carbocycles. The molecule has 0 spiro atoms. The standard InChI is InChI=1S/C88H172O17P2/c1-7-9-11-13-15-17-19-21-23-25-27-28-29-31-33-35-37-39-48-54-60-66-72-87(92)104-83(76-98-85(90)70-64-58-52-46-38-36-34-32-30-26-24-22-20-18-16-14-12-10-8-2)78-102-106(94,95)100-74-82(89)75-101-107(96,97)103-79-84(105-88(93)73-67-61-55-49-43-41-45-51-57-63-69-81(5)6)77-99-86(91)71-65-59-53-47-42-40-44-50-56-62-68-80(3)4/h80-84,89H,7-79H2,1-6H3,(H,94,95)(H,96,97)/t82-,83-,84-/m1/s1. The van der Waals surface area contributed by atoms with Crippen LogP contribution in [0.4, 0.5) is 0 Å². The van der Waals surface area contributed by atoms with Crippen LogP contribution in [-0.2, 0) is 65.4 Å². The normalized spacial score (nSPS) is 13.8. The molecule has 0 rings (SSSR count). The lowest BCUT2D eigenvalue weighted by atomic mass is 10.0.